The van der Waals surface area contributed by atoms with Crippen LogP contribution in [0.3, 0.4) is 0 Å². The zero-order chi connectivity index (χ0) is 16.8. The normalized spacial score (nSPS) is 10.0. The summed E-state index contributed by atoms with van der Waals surface area (Å²) in [7, 11) is 0. The maximum atomic E-state index is 13.4. The molecule has 0 spiro atoms. The highest BCUT2D eigenvalue weighted by molar-refractivity contribution is 6.31. The number of carbonyl (C=O) groups excluding carboxylic acids is 2. The van der Waals surface area contributed by atoms with Crippen LogP contribution in [0.1, 0.15) is 15.9 Å². The highest BCUT2D eigenvalue weighted by Crippen LogP contribution is 2.20. The molecule has 0 aliphatic carbocycles. The SMILES string of the molecule is Cc1cc(OCC(=O)NNC(=O)c2ccccc2F)ccc1Cl. The zero-order valence-corrected chi connectivity index (χ0v) is 13.0. The number of hydrogen-bond donors (Lipinski definition) is 2. The molecular formula is C16H14ClFN2O3. The van der Waals surface area contributed by atoms with Gasteiger partial charge in [-0.15, -0.1) is 0 Å². The summed E-state index contributed by atoms with van der Waals surface area (Å²) in [6.07, 6.45) is 0. The molecule has 0 aromatic heterocycles. The Balaban J connectivity index is 1.82. The number of nitrogens with one attached hydrogen (secondary N) is 2. The Kier molecular flexibility index (Phi) is 5.54. The molecule has 23 heavy (non-hydrogen) atoms. The molecule has 0 fully saturated rings. The van der Waals surface area contributed by atoms with E-state index in [2.05, 4.69) is 10.9 Å². The summed E-state index contributed by atoms with van der Waals surface area (Å²) < 4.78 is 18.7. The molecular weight excluding hydrogens is 323 g/mol. The highest BCUT2D eigenvalue weighted by atomic mass is 35.5. The second kappa shape index (κ2) is 7.60. The van der Waals surface area contributed by atoms with Crippen LogP contribution in [0.25, 0.3) is 0 Å². The lowest BCUT2D eigenvalue weighted by atomic mass is 10.2. The summed E-state index contributed by atoms with van der Waals surface area (Å²) in [6, 6.07) is 10.4. The van der Waals surface area contributed by atoms with Gasteiger partial charge in [0.25, 0.3) is 11.8 Å². The molecule has 2 aromatic rings. The van der Waals surface area contributed by atoms with E-state index in [0.717, 1.165) is 11.6 Å². The molecule has 2 aromatic carbocycles. The standard InChI is InChI=1S/C16H14ClFN2O3/c1-10-8-11(6-7-13(10)17)23-9-15(21)19-20-16(22)12-4-2-3-5-14(12)18/h2-8H,9H2,1H3,(H,19,21)(H,20,22). The molecule has 0 atom stereocenters. The molecule has 2 N–H and O–H groups in total. The Morgan fingerprint density at radius 1 is 1.17 bits per heavy atom. The molecule has 0 aliphatic rings. The molecule has 0 saturated carbocycles. The third-order valence-corrected chi connectivity index (χ3v) is 3.36. The van der Waals surface area contributed by atoms with Crippen molar-refractivity contribution in [2.45, 2.75) is 6.92 Å². The van der Waals surface area contributed by atoms with Gasteiger partial charge in [-0.05, 0) is 42.8 Å². The fourth-order valence-electron chi connectivity index (χ4n) is 1.73. The average Bonchev–Trinajstić information content (AvgIpc) is 2.54. The molecule has 5 nitrogen and oxygen atoms in total. The van der Waals surface area contributed by atoms with Gasteiger partial charge in [0, 0.05) is 5.02 Å². The van der Waals surface area contributed by atoms with Crippen molar-refractivity contribution in [3.63, 3.8) is 0 Å². The fourth-order valence-corrected chi connectivity index (χ4v) is 1.85. The fraction of sp³-hybridized carbons (Fsp3) is 0.125. The Hall–Kier alpha value is -2.60. The summed E-state index contributed by atoms with van der Waals surface area (Å²) in [5.74, 6) is -1.53. The summed E-state index contributed by atoms with van der Waals surface area (Å²) in [5.41, 5.74) is 4.92. The first kappa shape index (κ1) is 16.8. The van der Waals surface area contributed by atoms with E-state index in [0.29, 0.717) is 10.8 Å². The minimum Gasteiger partial charge on any atom is -0.484 e. The predicted octanol–water partition coefficient (Wildman–Crippen LogP) is 2.63. The lowest BCUT2D eigenvalue weighted by Crippen LogP contribution is -2.44. The van der Waals surface area contributed by atoms with Gasteiger partial charge in [-0.3, -0.25) is 20.4 Å². The Bertz CT molecular complexity index is 737. The summed E-state index contributed by atoms with van der Waals surface area (Å²) in [6.45, 7) is 1.50. The van der Waals surface area contributed by atoms with Crippen LogP contribution in [0.4, 0.5) is 4.39 Å². The number of rotatable bonds is 4. The Morgan fingerprint density at radius 2 is 1.91 bits per heavy atom. The number of hydrogen-bond acceptors (Lipinski definition) is 3. The third kappa shape index (κ3) is 4.69. The van der Waals surface area contributed by atoms with Crippen molar-refractivity contribution in [1.29, 1.82) is 0 Å². The number of aryl methyl sites for hydroxylation is 1. The number of hydrazine groups is 1. The minimum absolute atomic E-state index is 0.165. The molecule has 120 valence electrons. The maximum Gasteiger partial charge on any atom is 0.276 e. The quantitative estimate of drug-likeness (QED) is 0.843. The number of amides is 2. The molecule has 7 heteroatoms. The lowest BCUT2D eigenvalue weighted by Gasteiger charge is -2.10. The van der Waals surface area contributed by atoms with Gasteiger partial charge >= 0.3 is 0 Å². The lowest BCUT2D eigenvalue weighted by molar-refractivity contribution is -0.123. The molecule has 0 heterocycles. The topological polar surface area (TPSA) is 67.4 Å². The van der Waals surface area contributed by atoms with E-state index in [9.17, 15) is 14.0 Å². The average molecular weight is 337 g/mol. The van der Waals surface area contributed by atoms with E-state index in [-0.39, 0.29) is 12.2 Å². The van der Waals surface area contributed by atoms with Crippen LogP contribution in [0.5, 0.6) is 5.75 Å². The smallest absolute Gasteiger partial charge is 0.276 e. The largest absolute Gasteiger partial charge is 0.484 e. The van der Waals surface area contributed by atoms with Crippen LogP contribution in [-0.4, -0.2) is 18.4 Å². The Labute approximate surface area is 137 Å². The number of carbonyl (C=O) groups is 2. The summed E-state index contributed by atoms with van der Waals surface area (Å²) >= 11 is 5.89. The molecule has 0 aliphatic heterocycles. The van der Waals surface area contributed by atoms with Crippen molar-refractivity contribution in [1.82, 2.24) is 10.9 Å². The van der Waals surface area contributed by atoms with Crippen LogP contribution in [-0.2, 0) is 4.79 Å². The molecule has 0 bridgehead atoms. The van der Waals surface area contributed by atoms with Gasteiger partial charge in [0.2, 0.25) is 0 Å². The van der Waals surface area contributed by atoms with Crippen molar-refractivity contribution < 1.29 is 18.7 Å². The summed E-state index contributed by atoms with van der Waals surface area (Å²) in [5, 5.41) is 0.596. The first-order valence-corrected chi connectivity index (χ1v) is 7.08. The number of ether oxygens (including phenoxy) is 1. The van der Waals surface area contributed by atoms with E-state index in [1.165, 1.54) is 18.2 Å². The van der Waals surface area contributed by atoms with Gasteiger partial charge in [-0.1, -0.05) is 23.7 Å². The molecule has 2 amide bonds. The van der Waals surface area contributed by atoms with Crippen molar-refractivity contribution in [3.05, 3.63) is 64.4 Å². The number of halogens is 2. The molecule has 0 saturated heterocycles. The third-order valence-electron chi connectivity index (χ3n) is 2.93. The van der Waals surface area contributed by atoms with Gasteiger partial charge in [0.15, 0.2) is 6.61 Å². The van der Waals surface area contributed by atoms with Crippen molar-refractivity contribution >= 4 is 23.4 Å². The zero-order valence-electron chi connectivity index (χ0n) is 12.2. The first-order chi connectivity index (χ1) is 11.0. The second-order valence-corrected chi connectivity index (χ2v) is 5.09. The van der Waals surface area contributed by atoms with Crippen LogP contribution in [0, 0.1) is 12.7 Å². The summed E-state index contributed by atoms with van der Waals surface area (Å²) in [4.78, 5) is 23.3. The van der Waals surface area contributed by atoms with Crippen LogP contribution in [0.2, 0.25) is 5.02 Å². The van der Waals surface area contributed by atoms with Gasteiger partial charge < -0.3 is 4.74 Å². The van der Waals surface area contributed by atoms with Gasteiger partial charge in [-0.2, -0.15) is 0 Å². The van der Waals surface area contributed by atoms with E-state index < -0.39 is 17.6 Å². The Morgan fingerprint density at radius 3 is 2.61 bits per heavy atom. The van der Waals surface area contributed by atoms with Crippen molar-refractivity contribution in [3.8, 4) is 5.75 Å². The molecule has 0 radical (unpaired) electrons. The van der Waals surface area contributed by atoms with E-state index >= 15 is 0 Å². The van der Waals surface area contributed by atoms with E-state index in [4.69, 9.17) is 16.3 Å². The number of benzene rings is 2. The predicted molar refractivity (Wildman–Crippen MR) is 83.7 cm³/mol. The van der Waals surface area contributed by atoms with E-state index in [1.54, 1.807) is 18.2 Å². The van der Waals surface area contributed by atoms with Gasteiger partial charge in [-0.25, -0.2) is 4.39 Å². The highest BCUT2D eigenvalue weighted by Gasteiger charge is 2.11. The van der Waals surface area contributed by atoms with Gasteiger partial charge in [0.1, 0.15) is 11.6 Å². The second-order valence-electron chi connectivity index (χ2n) is 4.68. The maximum absolute atomic E-state index is 13.4. The van der Waals surface area contributed by atoms with Crippen molar-refractivity contribution in [2.75, 3.05) is 6.61 Å². The molecule has 2 rings (SSSR count). The van der Waals surface area contributed by atoms with Crippen LogP contribution in [0.15, 0.2) is 42.5 Å². The monoisotopic (exact) mass is 336 g/mol. The minimum atomic E-state index is -0.751. The van der Waals surface area contributed by atoms with Crippen LogP contribution < -0.4 is 15.6 Å². The van der Waals surface area contributed by atoms with Crippen LogP contribution >= 0.6 is 11.6 Å². The molecule has 0 unspecified atom stereocenters. The van der Waals surface area contributed by atoms with Crippen molar-refractivity contribution in [2.24, 2.45) is 0 Å². The van der Waals surface area contributed by atoms with Gasteiger partial charge in [0.05, 0.1) is 5.56 Å². The van der Waals surface area contributed by atoms with E-state index in [1.807, 2.05) is 6.92 Å². The first-order valence-electron chi connectivity index (χ1n) is 6.70.